The molecular formula is C13H19FIN3. The number of rotatable bonds is 3. The molecule has 0 aromatic heterocycles. The molecular weight excluding hydrogens is 344 g/mol. The van der Waals surface area contributed by atoms with E-state index in [2.05, 4.69) is 15.6 Å². The van der Waals surface area contributed by atoms with Gasteiger partial charge in [0.2, 0.25) is 0 Å². The molecule has 1 aliphatic rings. The van der Waals surface area contributed by atoms with Gasteiger partial charge in [0.1, 0.15) is 5.82 Å². The monoisotopic (exact) mass is 363 g/mol. The zero-order valence-corrected chi connectivity index (χ0v) is 13.0. The van der Waals surface area contributed by atoms with Gasteiger partial charge in [0.15, 0.2) is 5.96 Å². The van der Waals surface area contributed by atoms with Crippen molar-refractivity contribution in [2.24, 2.45) is 4.99 Å². The largest absolute Gasteiger partial charge is 0.359 e. The summed E-state index contributed by atoms with van der Waals surface area (Å²) in [5, 5.41) is 6.27. The molecule has 1 aromatic carbocycles. The van der Waals surface area contributed by atoms with Gasteiger partial charge in [-0.15, -0.1) is 24.0 Å². The smallest absolute Gasteiger partial charge is 0.190 e. The molecule has 18 heavy (non-hydrogen) atoms. The third-order valence-electron chi connectivity index (χ3n) is 3.36. The van der Waals surface area contributed by atoms with Gasteiger partial charge in [-0.1, -0.05) is 12.1 Å². The third-order valence-corrected chi connectivity index (χ3v) is 3.36. The zero-order chi connectivity index (χ0) is 12.3. The molecule has 1 fully saturated rings. The van der Waals surface area contributed by atoms with Crippen LogP contribution in [0.2, 0.25) is 0 Å². The molecule has 0 spiro atoms. The molecule has 5 heteroatoms. The molecule has 0 heterocycles. The van der Waals surface area contributed by atoms with Crippen molar-refractivity contribution in [3.8, 4) is 0 Å². The van der Waals surface area contributed by atoms with Crippen LogP contribution in [0.3, 0.4) is 0 Å². The summed E-state index contributed by atoms with van der Waals surface area (Å²) < 4.78 is 12.9. The maximum absolute atomic E-state index is 12.9. The summed E-state index contributed by atoms with van der Waals surface area (Å²) in [4.78, 5) is 4.08. The van der Waals surface area contributed by atoms with Crippen molar-refractivity contribution in [2.75, 3.05) is 20.6 Å². The average Bonchev–Trinajstić information content (AvgIpc) is 3.12. The summed E-state index contributed by atoms with van der Waals surface area (Å²) in [5.41, 5.74) is 1.37. The molecule has 1 aromatic rings. The number of hydrogen-bond acceptors (Lipinski definition) is 1. The van der Waals surface area contributed by atoms with Gasteiger partial charge in [0, 0.05) is 26.1 Å². The summed E-state index contributed by atoms with van der Waals surface area (Å²) >= 11 is 0. The lowest BCUT2D eigenvalue weighted by atomic mass is 9.96. The van der Waals surface area contributed by atoms with Crippen molar-refractivity contribution < 1.29 is 4.39 Å². The van der Waals surface area contributed by atoms with Crippen LogP contribution < -0.4 is 10.6 Å². The first kappa shape index (κ1) is 15.2. The number of nitrogens with zero attached hydrogens (tertiary/aromatic N) is 1. The highest BCUT2D eigenvalue weighted by Crippen LogP contribution is 2.47. The first-order valence-electron chi connectivity index (χ1n) is 5.85. The van der Waals surface area contributed by atoms with Gasteiger partial charge in [0.25, 0.3) is 0 Å². The maximum atomic E-state index is 12.9. The van der Waals surface area contributed by atoms with Crippen LogP contribution in [-0.4, -0.2) is 26.6 Å². The van der Waals surface area contributed by atoms with Gasteiger partial charge < -0.3 is 10.6 Å². The van der Waals surface area contributed by atoms with Crippen LogP contribution in [0.1, 0.15) is 18.4 Å². The first-order valence-corrected chi connectivity index (χ1v) is 5.85. The third kappa shape index (κ3) is 3.34. The predicted molar refractivity (Wildman–Crippen MR) is 83.1 cm³/mol. The van der Waals surface area contributed by atoms with Gasteiger partial charge in [0.05, 0.1) is 0 Å². The van der Waals surface area contributed by atoms with E-state index >= 15 is 0 Å². The zero-order valence-electron chi connectivity index (χ0n) is 10.7. The van der Waals surface area contributed by atoms with Crippen LogP contribution >= 0.6 is 24.0 Å². The molecule has 0 bridgehead atoms. The van der Waals surface area contributed by atoms with E-state index in [1.54, 1.807) is 7.05 Å². The lowest BCUT2D eigenvalue weighted by molar-refractivity contribution is 0.618. The molecule has 0 aliphatic heterocycles. The van der Waals surface area contributed by atoms with Crippen molar-refractivity contribution in [1.82, 2.24) is 10.6 Å². The summed E-state index contributed by atoms with van der Waals surface area (Å²) in [7, 11) is 3.59. The van der Waals surface area contributed by atoms with Crippen molar-refractivity contribution in [3.05, 3.63) is 35.6 Å². The van der Waals surface area contributed by atoms with Gasteiger partial charge in [-0.3, -0.25) is 4.99 Å². The lowest BCUT2D eigenvalue weighted by Gasteiger charge is -2.18. The van der Waals surface area contributed by atoms with Crippen molar-refractivity contribution in [3.63, 3.8) is 0 Å². The Balaban J connectivity index is 0.00000162. The Bertz CT molecular complexity index is 413. The fraction of sp³-hybridized carbons (Fsp3) is 0.462. The quantitative estimate of drug-likeness (QED) is 0.491. The van der Waals surface area contributed by atoms with E-state index in [9.17, 15) is 4.39 Å². The summed E-state index contributed by atoms with van der Waals surface area (Å²) in [6.07, 6.45) is 2.29. The predicted octanol–water partition coefficient (Wildman–Crippen LogP) is 2.27. The number of benzene rings is 1. The molecule has 3 nitrogen and oxygen atoms in total. The number of halogens is 2. The second-order valence-electron chi connectivity index (χ2n) is 4.46. The Morgan fingerprint density at radius 2 is 1.94 bits per heavy atom. The van der Waals surface area contributed by atoms with E-state index < -0.39 is 0 Å². The Morgan fingerprint density at radius 1 is 1.33 bits per heavy atom. The second kappa shape index (κ2) is 6.36. The van der Waals surface area contributed by atoms with Gasteiger partial charge >= 0.3 is 0 Å². The van der Waals surface area contributed by atoms with E-state index in [1.807, 2.05) is 19.2 Å². The second-order valence-corrected chi connectivity index (χ2v) is 4.46. The Hall–Kier alpha value is -0.850. The topological polar surface area (TPSA) is 36.4 Å². The SMILES string of the molecule is CN=C(NC)NCC1(c2ccc(F)cc2)CC1.I. The van der Waals surface area contributed by atoms with Crippen LogP contribution in [-0.2, 0) is 5.41 Å². The van der Waals surface area contributed by atoms with E-state index in [1.165, 1.54) is 17.7 Å². The number of guanidine groups is 1. The highest BCUT2D eigenvalue weighted by molar-refractivity contribution is 14.0. The van der Waals surface area contributed by atoms with Crippen LogP contribution in [0.15, 0.2) is 29.3 Å². The van der Waals surface area contributed by atoms with Gasteiger partial charge in [-0.2, -0.15) is 0 Å². The average molecular weight is 363 g/mol. The molecule has 100 valence electrons. The van der Waals surface area contributed by atoms with Gasteiger partial charge in [-0.05, 0) is 30.5 Å². The van der Waals surface area contributed by atoms with Crippen LogP contribution in [0.25, 0.3) is 0 Å². The number of nitrogens with one attached hydrogen (secondary N) is 2. The molecule has 0 unspecified atom stereocenters. The van der Waals surface area contributed by atoms with E-state index in [-0.39, 0.29) is 35.2 Å². The Labute approximate surface area is 124 Å². The van der Waals surface area contributed by atoms with Crippen molar-refractivity contribution in [2.45, 2.75) is 18.3 Å². The minimum Gasteiger partial charge on any atom is -0.359 e. The minimum absolute atomic E-state index is 0. The molecule has 0 saturated heterocycles. The van der Waals surface area contributed by atoms with E-state index in [4.69, 9.17) is 0 Å². The summed E-state index contributed by atoms with van der Waals surface area (Å²) in [5.74, 6) is 0.613. The van der Waals surface area contributed by atoms with Gasteiger partial charge in [-0.25, -0.2) is 4.39 Å². The van der Waals surface area contributed by atoms with Crippen molar-refractivity contribution in [1.29, 1.82) is 0 Å². The molecule has 1 aliphatic carbocycles. The number of hydrogen-bond donors (Lipinski definition) is 2. The highest BCUT2D eigenvalue weighted by atomic mass is 127. The molecule has 0 radical (unpaired) electrons. The fourth-order valence-corrected chi connectivity index (χ4v) is 2.05. The summed E-state index contributed by atoms with van der Waals surface area (Å²) in [6.45, 7) is 0.839. The molecule has 0 atom stereocenters. The molecule has 0 amide bonds. The first-order chi connectivity index (χ1) is 8.20. The fourth-order valence-electron chi connectivity index (χ4n) is 2.05. The van der Waals surface area contributed by atoms with Crippen molar-refractivity contribution >= 4 is 29.9 Å². The highest BCUT2D eigenvalue weighted by Gasteiger charge is 2.44. The van der Waals surface area contributed by atoms with Crippen LogP contribution in [0.4, 0.5) is 4.39 Å². The van der Waals surface area contributed by atoms with Crippen LogP contribution in [0.5, 0.6) is 0 Å². The lowest BCUT2D eigenvalue weighted by Crippen LogP contribution is -2.39. The molecule has 2 rings (SSSR count). The Morgan fingerprint density at radius 3 is 2.39 bits per heavy atom. The van der Waals surface area contributed by atoms with E-state index in [0.29, 0.717) is 0 Å². The van der Waals surface area contributed by atoms with E-state index in [0.717, 1.165) is 25.3 Å². The summed E-state index contributed by atoms with van der Waals surface area (Å²) in [6, 6.07) is 6.82. The standard InChI is InChI=1S/C13H18FN3.HI/c1-15-12(16-2)17-9-13(7-8-13)10-3-5-11(14)6-4-10;/h3-6H,7-9H2,1-2H3,(H2,15,16,17);1H. The minimum atomic E-state index is -0.177. The maximum Gasteiger partial charge on any atom is 0.190 e. The van der Waals surface area contributed by atoms with Crippen LogP contribution in [0, 0.1) is 5.82 Å². The molecule has 2 N–H and O–H groups in total. The normalized spacial score (nSPS) is 16.7. The molecule has 1 saturated carbocycles. The number of aliphatic imine (C=N–C) groups is 1. The Kier molecular flexibility index (Phi) is 5.37.